The van der Waals surface area contributed by atoms with Crippen LogP contribution in [-0.2, 0) is 4.79 Å². The highest BCUT2D eigenvalue weighted by Gasteiger charge is 2.43. The molecule has 0 spiro atoms. The molecule has 1 aliphatic carbocycles. The van der Waals surface area contributed by atoms with Crippen LogP contribution in [0.2, 0.25) is 0 Å². The van der Waals surface area contributed by atoms with E-state index in [0.29, 0.717) is 12.8 Å². The quantitative estimate of drug-likeness (QED) is 0.688. The number of amides is 1. The molecule has 1 amide bonds. The van der Waals surface area contributed by atoms with E-state index in [-0.39, 0.29) is 11.7 Å². The number of hydrogen-bond donors (Lipinski definition) is 3. The number of carbonyl (C=O) groups excluding carboxylic acids is 1. The van der Waals surface area contributed by atoms with Gasteiger partial charge in [0.05, 0.1) is 12.2 Å². The third kappa shape index (κ3) is 2.15. The van der Waals surface area contributed by atoms with Crippen LogP contribution in [0.5, 0.6) is 0 Å². The van der Waals surface area contributed by atoms with E-state index in [2.05, 4.69) is 20.9 Å². The van der Waals surface area contributed by atoms with Crippen molar-refractivity contribution in [1.82, 2.24) is 25.6 Å². The van der Waals surface area contributed by atoms with Gasteiger partial charge in [-0.05, 0) is 12.8 Å². The average Bonchev–Trinajstić information content (AvgIpc) is 2.96. The van der Waals surface area contributed by atoms with Gasteiger partial charge in [-0.15, -0.1) is 5.10 Å². The molecule has 0 atom stereocenters. The second-order valence-electron chi connectivity index (χ2n) is 5.44. The van der Waals surface area contributed by atoms with E-state index in [1.807, 2.05) is 0 Å². The lowest BCUT2D eigenvalue weighted by atomic mass is 9.97. The minimum absolute atomic E-state index is 0.171. The normalized spacial score (nSPS) is 21.4. The van der Waals surface area contributed by atoms with Crippen LogP contribution in [-0.4, -0.2) is 50.6 Å². The van der Waals surface area contributed by atoms with Crippen molar-refractivity contribution in [3.8, 4) is 0 Å². The molecule has 1 aromatic rings. The van der Waals surface area contributed by atoms with Crippen molar-refractivity contribution in [1.29, 1.82) is 0 Å². The highest BCUT2D eigenvalue weighted by molar-refractivity contribution is 5.96. The fourth-order valence-corrected chi connectivity index (χ4v) is 2.67. The molecule has 8 heteroatoms. The summed E-state index contributed by atoms with van der Waals surface area (Å²) in [5, 5.41) is 22.8. The molecule has 8 nitrogen and oxygen atoms in total. The van der Waals surface area contributed by atoms with Crippen LogP contribution in [0.15, 0.2) is 6.20 Å². The van der Waals surface area contributed by atoms with Gasteiger partial charge in [-0.2, -0.15) is 0 Å². The van der Waals surface area contributed by atoms with Gasteiger partial charge in [0.2, 0.25) is 0 Å². The number of rotatable bonds is 4. The van der Waals surface area contributed by atoms with E-state index in [1.54, 1.807) is 10.9 Å². The predicted molar refractivity (Wildman–Crippen MR) is 68.2 cm³/mol. The summed E-state index contributed by atoms with van der Waals surface area (Å²) < 4.78 is 1.65. The lowest BCUT2D eigenvalue weighted by molar-refractivity contribution is -0.144. The molecule has 0 bridgehead atoms. The van der Waals surface area contributed by atoms with Crippen molar-refractivity contribution in [2.24, 2.45) is 0 Å². The monoisotopic (exact) mass is 279 g/mol. The van der Waals surface area contributed by atoms with E-state index < -0.39 is 17.4 Å². The molecule has 1 saturated carbocycles. The summed E-state index contributed by atoms with van der Waals surface area (Å²) in [5.74, 6) is -1.44. The van der Waals surface area contributed by atoms with Crippen molar-refractivity contribution in [3.63, 3.8) is 0 Å². The van der Waals surface area contributed by atoms with Crippen molar-refractivity contribution in [2.45, 2.75) is 37.3 Å². The Labute approximate surface area is 115 Å². The summed E-state index contributed by atoms with van der Waals surface area (Å²) in [6.07, 6.45) is 4.13. The average molecular weight is 279 g/mol. The summed E-state index contributed by atoms with van der Waals surface area (Å²) in [6, 6.07) is 0.226. The van der Waals surface area contributed by atoms with E-state index in [1.165, 1.54) is 0 Å². The molecule has 1 aliphatic heterocycles. The van der Waals surface area contributed by atoms with Crippen LogP contribution in [0.3, 0.4) is 0 Å². The first kappa shape index (κ1) is 13.0. The van der Waals surface area contributed by atoms with E-state index in [0.717, 1.165) is 25.9 Å². The van der Waals surface area contributed by atoms with Crippen LogP contribution >= 0.6 is 0 Å². The smallest absolute Gasteiger partial charge is 0.329 e. The minimum Gasteiger partial charge on any atom is -0.480 e. The van der Waals surface area contributed by atoms with Crippen molar-refractivity contribution < 1.29 is 14.7 Å². The van der Waals surface area contributed by atoms with Gasteiger partial charge in [0, 0.05) is 13.1 Å². The Bertz CT molecular complexity index is 531. The Morgan fingerprint density at radius 1 is 1.40 bits per heavy atom. The Morgan fingerprint density at radius 2 is 2.10 bits per heavy atom. The Kier molecular flexibility index (Phi) is 3.17. The molecule has 0 aromatic carbocycles. The minimum atomic E-state index is -1.14. The number of carboxylic acids is 1. The molecule has 2 heterocycles. The highest BCUT2D eigenvalue weighted by atomic mass is 16.4. The summed E-state index contributed by atoms with van der Waals surface area (Å²) in [4.78, 5) is 23.5. The summed E-state index contributed by atoms with van der Waals surface area (Å²) in [7, 11) is 0. The Balaban J connectivity index is 1.72. The molecule has 2 aliphatic rings. The number of aliphatic carboxylic acids is 1. The van der Waals surface area contributed by atoms with Crippen molar-refractivity contribution >= 4 is 11.9 Å². The second-order valence-corrected chi connectivity index (χ2v) is 5.44. The molecular weight excluding hydrogens is 262 g/mol. The van der Waals surface area contributed by atoms with Gasteiger partial charge in [-0.1, -0.05) is 18.1 Å². The maximum Gasteiger partial charge on any atom is 0.329 e. The van der Waals surface area contributed by atoms with Gasteiger partial charge in [-0.25, -0.2) is 9.48 Å². The van der Waals surface area contributed by atoms with Crippen LogP contribution in [0, 0.1) is 0 Å². The number of aromatic nitrogens is 3. The molecule has 1 aromatic heterocycles. The number of carboxylic acid groups (broad SMARTS) is 1. The first-order valence-corrected chi connectivity index (χ1v) is 6.79. The molecule has 2 fully saturated rings. The van der Waals surface area contributed by atoms with E-state index in [9.17, 15) is 14.7 Å². The molecule has 3 N–H and O–H groups in total. The van der Waals surface area contributed by atoms with Gasteiger partial charge in [-0.3, -0.25) is 4.79 Å². The molecule has 1 saturated heterocycles. The predicted octanol–water partition coefficient (Wildman–Crippen LogP) is -0.450. The van der Waals surface area contributed by atoms with Gasteiger partial charge in [0.1, 0.15) is 5.54 Å². The summed E-state index contributed by atoms with van der Waals surface area (Å²) in [6.45, 7) is 1.62. The highest BCUT2D eigenvalue weighted by Crippen LogP contribution is 2.30. The van der Waals surface area contributed by atoms with Crippen LogP contribution in [0.1, 0.15) is 42.2 Å². The number of carbonyl (C=O) groups is 2. The molecule has 20 heavy (non-hydrogen) atoms. The fraction of sp³-hybridized carbons (Fsp3) is 0.667. The lowest BCUT2D eigenvalue weighted by Gasteiger charge is -2.26. The van der Waals surface area contributed by atoms with Crippen molar-refractivity contribution in [3.05, 3.63) is 11.9 Å². The standard InChI is InChI=1S/C12H17N5O3/c18-10(14-12(11(19)20)3-1-2-4-12)9-7-17(16-15-9)8-5-13-6-8/h7-8,13H,1-6H2,(H,14,18)(H,19,20). The number of nitrogens with zero attached hydrogens (tertiary/aromatic N) is 3. The van der Waals surface area contributed by atoms with Crippen molar-refractivity contribution in [2.75, 3.05) is 13.1 Å². The third-order valence-electron chi connectivity index (χ3n) is 4.10. The fourth-order valence-electron chi connectivity index (χ4n) is 2.67. The molecule has 0 radical (unpaired) electrons. The van der Waals surface area contributed by atoms with Gasteiger partial charge in [0.25, 0.3) is 5.91 Å². The van der Waals surface area contributed by atoms with E-state index in [4.69, 9.17) is 0 Å². The first-order valence-electron chi connectivity index (χ1n) is 6.79. The maximum atomic E-state index is 12.1. The van der Waals surface area contributed by atoms with Crippen LogP contribution in [0.25, 0.3) is 0 Å². The lowest BCUT2D eigenvalue weighted by Crippen LogP contribution is -2.52. The largest absolute Gasteiger partial charge is 0.480 e. The topological polar surface area (TPSA) is 109 Å². The Hall–Kier alpha value is -1.96. The summed E-state index contributed by atoms with van der Waals surface area (Å²) in [5.41, 5.74) is -0.969. The van der Waals surface area contributed by atoms with Gasteiger partial charge >= 0.3 is 5.97 Å². The number of hydrogen-bond acceptors (Lipinski definition) is 5. The van der Waals surface area contributed by atoms with Gasteiger partial charge < -0.3 is 15.7 Å². The van der Waals surface area contributed by atoms with Crippen LogP contribution < -0.4 is 10.6 Å². The second kappa shape index (κ2) is 4.86. The zero-order valence-electron chi connectivity index (χ0n) is 11.0. The van der Waals surface area contributed by atoms with E-state index >= 15 is 0 Å². The summed E-state index contributed by atoms with van der Waals surface area (Å²) >= 11 is 0. The SMILES string of the molecule is O=C(NC1(C(=O)O)CCCC1)c1cn(C2CNC2)nn1. The first-order chi connectivity index (χ1) is 9.61. The van der Waals surface area contributed by atoms with Gasteiger partial charge in [0.15, 0.2) is 5.69 Å². The molecular formula is C12H17N5O3. The van der Waals surface area contributed by atoms with Crippen LogP contribution in [0.4, 0.5) is 0 Å². The number of nitrogens with one attached hydrogen (secondary N) is 2. The zero-order chi connectivity index (χ0) is 14.2. The molecule has 108 valence electrons. The Morgan fingerprint density at radius 3 is 2.65 bits per heavy atom. The maximum absolute atomic E-state index is 12.1. The zero-order valence-corrected chi connectivity index (χ0v) is 11.0. The molecule has 0 unspecified atom stereocenters. The molecule has 3 rings (SSSR count). The third-order valence-corrected chi connectivity index (χ3v) is 4.10.